The van der Waals surface area contributed by atoms with E-state index in [0.29, 0.717) is 28.2 Å². The molecule has 30 heavy (non-hydrogen) atoms. The number of ether oxygens (including phenoxy) is 2. The van der Waals surface area contributed by atoms with Crippen LogP contribution in [0, 0.1) is 5.82 Å². The van der Waals surface area contributed by atoms with Gasteiger partial charge >= 0.3 is 0 Å². The molecule has 0 unspecified atom stereocenters. The lowest BCUT2D eigenvalue weighted by atomic mass is 10.1. The van der Waals surface area contributed by atoms with Gasteiger partial charge in [-0.05, 0) is 37.6 Å². The highest BCUT2D eigenvalue weighted by Crippen LogP contribution is 2.36. The summed E-state index contributed by atoms with van der Waals surface area (Å²) in [5.74, 6) is 1.12. The molecule has 0 radical (unpaired) electrons. The van der Waals surface area contributed by atoms with Gasteiger partial charge in [0, 0.05) is 18.0 Å². The van der Waals surface area contributed by atoms with Crippen molar-refractivity contribution >= 4 is 58.8 Å². The molecule has 1 aromatic heterocycles. The fraction of sp³-hybridized carbons (Fsp3) is 0.300. The van der Waals surface area contributed by atoms with Crippen molar-refractivity contribution in [2.24, 2.45) is 0 Å². The Kier molecular flexibility index (Phi) is 8.73. The van der Waals surface area contributed by atoms with Crippen LogP contribution in [0.3, 0.4) is 0 Å². The summed E-state index contributed by atoms with van der Waals surface area (Å²) in [4.78, 5) is 8.59. The summed E-state index contributed by atoms with van der Waals surface area (Å²) in [6.45, 7) is 1.81. The second-order valence-corrected chi connectivity index (χ2v) is 6.96. The Hall–Kier alpha value is -2.06. The number of nitrogens with one attached hydrogen (secondary N) is 2. The maximum atomic E-state index is 14.3. The van der Waals surface area contributed by atoms with Gasteiger partial charge in [0.25, 0.3) is 0 Å². The molecule has 2 N–H and O–H groups in total. The van der Waals surface area contributed by atoms with Gasteiger partial charge in [-0.25, -0.2) is 14.4 Å². The summed E-state index contributed by atoms with van der Waals surface area (Å²) in [6.07, 6.45) is 3.56. The van der Waals surface area contributed by atoms with Gasteiger partial charge in [0.1, 0.15) is 18.2 Å². The van der Waals surface area contributed by atoms with Gasteiger partial charge < -0.3 is 20.1 Å². The first-order chi connectivity index (χ1) is 13.7. The van der Waals surface area contributed by atoms with Gasteiger partial charge in [0.2, 0.25) is 0 Å². The smallest absolute Gasteiger partial charge is 0.165 e. The molecule has 0 spiro atoms. The molecule has 0 saturated carbocycles. The van der Waals surface area contributed by atoms with Gasteiger partial charge in [0.05, 0.1) is 23.3 Å². The average Bonchev–Trinajstić information content (AvgIpc) is 2.72. The minimum absolute atomic E-state index is 0. The second-order valence-electron chi connectivity index (χ2n) is 6.56. The molecule has 1 saturated heterocycles. The molecule has 6 nitrogen and oxygen atoms in total. The van der Waals surface area contributed by atoms with Crippen molar-refractivity contribution in [3.8, 4) is 11.5 Å². The SMILES string of the molecule is COc1cc2c(Nc3cccc(Cl)c3F)ncnc2cc1O[C@H]1CCCNC1.Cl.Cl. The molecule has 2 aromatic carbocycles. The zero-order valence-electron chi connectivity index (χ0n) is 16.2. The minimum atomic E-state index is -0.535. The van der Waals surface area contributed by atoms with E-state index in [1.54, 1.807) is 25.3 Å². The Morgan fingerprint density at radius 2 is 2.03 bits per heavy atom. The quantitative estimate of drug-likeness (QED) is 0.532. The molecule has 3 aromatic rings. The average molecular weight is 476 g/mol. The third-order valence-corrected chi connectivity index (χ3v) is 4.96. The van der Waals surface area contributed by atoms with Crippen LogP contribution in [-0.4, -0.2) is 36.3 Å². The van der Waals surface area contributed by atoms with Crippen molar-refractivity contribution in [3.63, 3.8) is 0 Å². The second kappa shape index (κ2) is 10.8. The van der Waals surface area contributed by atoms with Crippen LogP contribution >= 0.6 is 36.4 Å². The number of nitrogens with zero attached hydrogens (tertiary/aromatic N) is 2. The number of halogens is 4. The summed E-state index contributed by atoms with van der Waals surface area (Å²) in [7, 11) is 1.58. The maximum Gasteiger partial charge on any atom is 0.165 e. The van der Waals surface area contributed by atoms with Crippen LogP contribution < -0.4 is 20.1 Å². The summed E-state index contributed by atoms with van der Waals surface area (Å²) in [6, 6.07) is 8.38. The zero-order valence-corrected chi connectivity index (χ0v) is 18.5. The predicted molar refractivity (Wildman–Crippen MR) is 122 cm³/mol. The first kappa shape index (κ1) is 24.2. The van der Waals surface area contributed by atoms with Gasteiger partial charge in [-0.15, -0.1) is 24.8 Å². The summed E-state index contributed by atoms with van der Waals surface area (Å²) in [5.41, 5.74) is 0.902. The molecular weight excluding hydrogens is 454 g/mol. The molecule has 0 bridgehead atoms. The molecule has 10 heteroatoms. The van der Waals surface area contributed by atoms with Gasteiger partial charge in [-0.1, -0.05) is 17.7 Å². The molecule has 1 atom stereocenters. The third-order valence-electron chi connectivity index (χ3n) is 4.67. The molecule has 1 aliphatic rings. The third kappa shape index (κ3) is 5.16. The standard InChI is InChI=1S/C20H20ClFN4O2.2ClH/c1-27-17-8-13-16(9-18(17)28-12-4-3-7-23-10-12)24-11-25-20(13)26-15-6-2-5-14(21)19(15)22;;/h2,5-6,8-9,11-12,23H,3-4,7,10H2,1H3,(H,24,25,26);2*1H/t12-;;/m0../s1. The Balaban J connectivity index is 0.00000160. The molecule has 4 rings (SSSR count). The van der Waals surface area contributed by atoms with E-state index in [0.717, 1.165) is 25.9 Å². The lowest BCUT2D eigenvalue weighted by Crippen LogP contribution is -2.37. The Morgan fingerprint density at radius 3 is 2.77 bits per heavy atom. The van der Waals surface area contributed by atoms with Crippen molar-refractivity contribution < 1.29 is 13.9 Å². The number of fused-ring (bicyclic) bond motifs is 1. The number of methoxy groups -OCH3 is 1. The van der Waals surface area contributed by atoms with E-state index in [1.165, 1.54) is 12.4 Å². The first-order valence-electron chi connectivity index (χ1n) is 9.07. The number of hydrogen-bond donors (Lipinski definition) is 2. The van der Waals surface area contributed by atoms with Crippen molar-refractivity contribution in [3.05, 3.63) is 47.5 Å². The first-order valence-corrected chi connectivity index (χ1v) is 9.44. The largest absolute Gasteiger partial charge is 0.493 e. The van der Waals surface area contributed by atoms with Crippen LogP contribution in [0.1, 0.15) is 12.8 Å². The van der Waals surface area contributed by atoms with Gasteiger partial charge in [-0.2, -0.15) is 0 Å². The van der Waals surface area contributed by atoms with Crippen molar-refractivity contribution in [2.75, 3.05) is 25.5 Å². The summed E-state index contributed by atoms with van der Waals surface area (Å²) >= 11 is 5.87. The minimum Gasteiger partial charge on any atom is -0.493 e. The molecule has 162 valence electrons. The van der Waals surface area contributed by atoms with E-state index in [4.69, 9.17) is 21.1 Å². The fourth-order valence-electron chi connectivity index (χ4n) is 3.24. The molecule has 1 aliphatic heterocycles. The number of aromatic nitrogens is 2. The van der Waals surface area contributed by atoms with E-state index in [2.05, 4.69) is 20.6 Å². The number of rotatable bonds is 5. The number of benzene rings is 2. The molecule has 0 aliphatic carbocycles. The van der Waals surface area contributed by atoms with Crippen molar-refractivity contribution in [1.29, 1.82) is 0 Å². The van der Waals surface area contributed by atoms with Crippen LogP contribution in [0.15, 0.2) is 36.7 Å². The summed E-state index contributed by atoms with van der Waals surface area (Å²) < 4.78 is 25.9. The van der Waals surface area contributed by atoms with Crippen molar-refractivity contribution in [2.45, 2.75) is 18.9 Å². The zero-order chi connectivity index (χ0) is 19.5. The number of anilines is 2. The predicted octanol–water partition coefficient (Wildman–Crippen LogP) is 5.15. The normalized spacial score (nSPS) is 15.6. The fourth-order valence-corrected chi connectivity index (χ4v) is 3.42. The highest BCUT2D eigenvalue weighted by molar-refractivity contribution is 6.31. The molecular formula is C20H22Cl3FN4O2. The van der Waals surface area contributed by atoms with E-state index >= 15 is 0 Å². The molecule has 1 fully saturated rings. The van der Waals surface area contributed by atoms with Crippen molar-refractivity contribution in [1.82, 2.24) is 15.3 Å². The van der Waals surface area contributed by atoms with Crippen LogP contribution in [-0.2, 0) is 0 Å². The Bertz CT molecular complexity index is 1000. The number of hydrogen-bond acceptors (Lipinski definition) is 6. The maximum absolute atomic E-state index is 14.3. The summed E-state index contributed by atoms with van der Waals surface area (Å²) in [5, 5.41) is 7.05. The lowest BCUT2D eigenvalue weighted by Gasteiger charge is -2.25. The Labute approximate surface area is 191 Å². The lowest BCUT2D eigenvalue weighted by molar-refractivity contribution is 0.161. The molecule has 2 heterocycles. The highest BCUT2D eigenvalue weighted by atomic mass is 35.5. The number of piperidine rings is 1. The van der Waals surface area contributed by atoms with Gasteiger partial charge in [-0.3, -0.25) is 0 Å². The monoisotopic (exact) mass is 474 g/mol. The van der Waals surface area contributed by atoms with Crippen LogP contribution in [0.2, 0.25) is 5.02 Å². The van der Waals surface area contributed by atoms with Crippen LogP contribution in [0.4, 0.5) is 15.9 Å². The topological polar surface area (TPSA) is 68.3 Å². The van der Waals surface area contributed by atoms with E-state index in [9.17, 15) is 4.39 Å². The Morgan fingerprint density at radius 1 is 1.20 bits per heavy atom. The van der Waals surface area contributed by atoms with Gasteiger partial charge in [0.15, 0.2) is 17.3 Å². The van der Waals surface area contributed by atoms with E-state index < -0.39 is 5.82 Å². The van der Waals surface area contributed by atoms with E-state index in [1.807, 2.05) is 6.07 Å². The van der Waals surface area contributed by atoms with Crippen LogP contribution in [0.25, 0.3) is 10.9 Å². The van der Waals surface area contributed by atoms with E-state index in [-0.39, 0.29) is 41.6 Å². The van der Waals surface area contributed by atoms with Crippen LogP contribution in [0.5, 0.6) is 11.5 Å². The highest BCUT2D eigenvalue weighted by Gasteiger charge is 2.19. The molecule has 0 amide bonds.